The van der Waals surface area contributed by atoms with Gasteiger partial charge in [0.05, 0.1) is 6.33 Å². The SMILES string of the molecule is CCCCCCCCCSC(/C=C/c1ccc(Cl)cc1)Cn1ccnc1. The van der Waals surface area contributed by atoms with Crippen LogP contribution in [-0.4, -0.2) is 20.6 Å². The quantitative estimate of drug-likeness (QED) is 0.339. The average molecular weight is 391 g/mol. The van der Waals surface area contributed by atoms with E-state index in [0.29, 0.717) is 5.25 Å². The van der Waals surface area contributed by atoms with E-state index in [1.165, 1.54) is 56.3 Å². The molecule has 0 aliphatic heterocycles. The number of aromatic nitrogens is 2. The molecule has 2 nitrogen and oxygen atoms in total. The highest BCUT2D eigenvalue weighted by molar-refractivity contribution is 8.00. The van der Waals surface area contributed by atoms with Crippen molar-refractivity contribution in [2.24, 2.45) is 0 Å². The van der Waals surface area contributed by atoms with Crippen LogP contribution in [0.3, 0.4) is 0 Å². The number of unbranched alkanes of at least 4 members (excludes halogenated alkanes) is 6. The Labute approximate surface area is 168 Å². The number of benzene rings is 1. The van der Waals surface area contributed by atoms with Gasteiger partial charge < -0.3 is 4.57 Å². The third-order valence-corrected chi connectivity index (χ3v) is 5.91. The Balaban J connectivity index is 1.77. The third-order valence-electron chi connectivity index (χ3n) is 4.40. The van der Waals surface area contributed by atoms with Crippen LogP contribution in [0.15, 0.2) is 49.1 Å². The van der Waals surface area contributed by atoms with Crippen LogP contribution >= 0.6 is 23.4 Å². The molecule has 2 aromatic rings. The second-order valence-corrected chi connectivity index (χ2v) is 8.48. The second-order valence-electron chi connectivity index (χ2n) is 6.70. The molecule has 26 heavy (non-hydrogen) atoms. The van der Waals surface area contributed by atoms with Gasteiger partial charge in [0, 0.05) is 29.2 Å². The molecule has 0 radical (unpaired) electrons. The van der Waals surface area contributed by atoms with Gasteiger partial charge in [-0.15, -0.1) is 0 Å². The number of thioether (sulfide) groups is 1. The van der Waals surface area contributed by atoms with Crippen molar-refractivity contribution in [1.82, 2.24) is 9.55 Å². The number of hydrogen-bond acceptors (Lipinski definition) is 2. The minimum absolute atomic E-state index is 0.458. The fourth-order valence-corrected chi connectivity index (χ4v) is 4.12. The summed E-state index contributed by atoms with van der Waals surface area (Å²) in [6.45, 7) is 3.24. The van der Waals surface area contributed by atoms with E-state index in [4.69, 9.17) is 11.6 Å². The molecule has 2 rings (SSSR count). The summed E-state index contributed by atoms with van der Waals surface area (Å²) in [5.74, 6) is 1.22. The molecule has 1 heterocycles. The Morgan fingerprint density at radius 3 is 2.50 bits per heavy atom. The summed E-state index contributed by atoms with van der Waals surface area (Å²) in [6.07, 6.45) is 19.9. The Kier molecular flexibility index (Phi) is 10.6. The van der Waals surface area contributed by atoms with Crippen molar-refractivity contribution in [2.45, 2.75) is 63.7 Å². The van der Waals surface area contributed by atoms with E-state index in [-0.39, 0.29) is 0 Å². The topological polar surface area (TPSA) is 17.8 Å². The summed E-state index contributed by atoms with van der Waals surface area (Å²) < 4.78 is 2.16. The fourth-order valence-electron chi connectivity index (χ4n) is 2.86. The predicted molar refractivity (Wildman–Crippen MR) is 117 cm³/mol. The number of halogens is 1. The first-order valence-electron chi connectivity index (χ1n) is 9.79. The molecule has 1 unspecified atom stereocenters. The lowest BCUT2D eigenvalue weighted by Crippen LogP contribution is -2.10. The highest BCUT2D eigenvalue weighted by atomic mass is 35.5. The fraction of sp³-hybridized carbons (Fsp3) is 0.500. The van der Waals surface area contributed by atoms with E-state index >= 15 is 0 Å². The highest BCUT2D eigenvalue weighted by Crippen LogP contribution is 2.20. The summed E-state index contributed by atoms with van der Waals surface area (Å²) in [7, 11) is 0. The largest absolute Gasteiger partial charge is 0.336 e. The van der Waals surface area contributed by atoms with Crippen LogP contribution < -0.4 is 0 Å². The molecule has 0 N–H and O–H groups in total. The summed E-state index contributed by atoms with van der Waals surface area (Å²) in [5, 5.41) is 1.24. The van der Waals surface area contributed by atoms with Gasteiger partial charge in [0.1, 0.15) is 0 Å². The zero-order chi connectivity index (χ0) is 18.5. The highest BCUT2D eigenvalue weighted by Gasteiger charge is 2.06. The van der Waals surface area contributed by atoms with E-state index in [1.807, 2.05) is 42.6 Å². The van der Waals surface area contributed by atoms with Gasteiger partial charge in [-0.05, 0) is 29.9 Å². The van der Waals surface area contributed by atoms with Crippen LogP contribution in [0.4, 0.5) is 0 Å². The standard InChI is InChI=1S/C22H31ClN2S/c1-2-3-4-5-6-7-8-17-26-22(18-25-16-15-24-19-25)14-11-20-9-12-21(23)13-10-20/h9-16,19,22H,2-8,17-18H2,1H3/b14-11+. The van der Waals surface area contributed by atoms with Crippen LogP contribution in [0.1, 0.15) is 57.4 Å². The van der Waals surface area contributed by atoms with Gasteiger partial charge in [-0.1, -0.05) is 81.3 Å². The molecule has 1 aromatic carbocycles. The molecule has 0 fully saturated rings. The molecule has 0 saturated heterocycles. The molecule has 0 spiro atoms. The van der Waals surface area contributed by atoms with Crippen molar-refractivity contribution in [2.75, 3.05) is 5.75 Å². The van der Waals surface area contributed by atoms with Gasteiger partial charge in [0.25, 0.3) is 0 Å². The molecule has 0 amide bonds. The lowest BCUT2D eigenvalue weighted by Gasteiger charge is -2.13. The summed E-state index contributed by atoms with van der Waals surface area (Å²) in [6, 6.07) is 8.01. The minimum Gasteiger partial charge on any atom is -0.336 e. The van der Waals surface area contributed by atoms with Gasteiger partial charge in [0.15, 0.2) is 0 Å². The smallest absolute Gasteiger partial charge is 0.0946 e. The third kappa shape index (κ3) is 8.95. The summed E-state index contributed by atoms with van der Waals surface area (Å²) in [5.41, 5.74) is 1.20. The minimum atomic E-state index is 0.458. The van der Waals surface area contributed by atoms with Crippen molar-refractivity contribution >= 4 is 29.4 Å². The molecule has 4 heteroatoms. The van der Waals surface area contributed by atoms with Gasteiger partial charge in [-0.25, -0.2) is 4.98 Å². The maximum Gasteiger partial charge on any atom is 0.0946 e. The van der Waals surface area contributed by atoms with E-state index in [9.17, 15) is 0 Å². The van der Waals surface area contributed by atoms with Crippen LogP contribution in [0.25, 0.3) is 6.08 Å². The molecule has 1 atom stereocenters. The molecule has 0 aliphatic rings. The van der Waals surface area contributed by atoms with Crippen LogP contribution in [0.2, 0.25) is 5.02 Å². The van der Waals surface area contributed by atoms with E-state index in [0.717, 1.165) is 11.6 Å². The molecule has 0 saturated carbocycles. The monoisotopic (exact) mass is 390 g/mol. The molecule has 1 aromatic heterocycles. The van der Waals surface area contributed by atoms with Gasteiger partial charge in [-0.2, -0.15) is 11.8 Å². The van der Waals surface area contributed by atoms with Crippen LogP contribution in [-0.2, 0) is 6.54 Å². The molecule has 142 valence electrons. The van der Waals surface area contributed by atoms with Crippen LogP contribution in [0.5, 0.6) is 0 Å². The van der Waals surface area contributed by atoms with Crippen LogP contribution in [0, 0.1) is 0 Å². The molecule has 0 aliphatic carbocycles. The first-order chi connectivity index (χ1) is 12.8. The van der Waals surface area contributed by atoms with E-state index in [1.54, 1.807) is 0 Å². The number of hydrogen-bond donors (Lipinski definition) is 0. The Morgan fingerprint density at radius 1 is 1.08 bits per heavy atom. The Hall–Kier alpha value is -1.19. The lowest BCUT2D eigenvalue weighted by molar-refractivity contribution is 0.603. The second kappa shape index (κ2) is 13.1. The Morgan fingerprint density at radius 2 is 1.81 bits per heavy atom. The van der Waals surface area contributed by atoms with E-state index in [2.05, 4.69) is 40.8 Å². The molecule has 0 bridgehead atoms. The molecular formula is C22H31ClN2S. The maximum absolute atomic E-state index is 5.97. The normalized spacial score (nSPS) is 12.7. The first kappa shape index (κ1) is 21.1. The van der Waals surface area contributed by atoms with Crippen molar-refractivity contribution in [1.29, 1.82) is 0 Å². The lowest BCUT2D eigenvalue weighted by atomic mass is 10.1. The summed E-state index contributed by atoms with van der Waals surface area (Å²) in [4.78, 5) is 4.16. The number of imidazole rings is 1. The number of nitrogens with zero attached hydrogens (tertiary/aromatic N) is 2. The maximum atomic E-state index is 5.97. The summed E-state index contributed by atoms with van der Waals surface area (Å²) >= 11 is 8.02. The Bertz CT molecular complexity index is 608. The van der Waals surface area contributed by atoms with Gasteiger partial charge >= 0.3 is 0 Å². The predicted octanol–water partition coefficient (Wildman–Crippen LogP) is 7.10. The van der Waals surface area contributed by atoms with Crippen molar-refractivity contribution in [3.8, 4) is 0 Å². The van der Waals surface area contributed by atoms with Crippen molar-refractivity contribution < 1.29 is 0 Å². The van der Waals surface area contributed by atoms with E-state index < -0.39 is 0 Å². The zero-order valence-corrected chi connectivity index (χ0v) is 17.4. The zero-order valence-electron chi connectivity index (χ0n) is 15.8. The number of rotatable bonds is 13. The van der Waals surface area contributed by atoms with Crippen molar-refractivity contribution in [3.05, 3.63) is 59.6 Å². The van der Waals surface area contributed by atoms with Gasteiger partial charge in [0.2, 0.25) is 0 Å². The van der Waals surface area contributed by atoms with Crippen molar-refractivity contribution in [3.63, 3.8) is 0 Å². The average Bonchev–Trinajstić information content (AvgIpc) is 3.16. The van der Waals surface area contributed by atoms with Gasteiger partial charge in [-0.3, -0.25) is 0 Å². The molecular weight excluding hydrogens is 360 g/mol. The first-order valence-corrected chi connectivity index (χ1v) is 11.2.